The van der Waals surface area contributed by atoms with Gasteiger partial charge in [0, 0.05) is 44.6 Å². The first-order valence-electron chi connectivity index (χ1n) is 5.52. The second-order valence-electron chi connectivity index (χ2n) is 5.19. The Balaban J connectivity index is 1.88. The predicted octanol–water partition coefficient (Wildman–Crippen LogP) is 0.949. The van der Waals surface area contributed by atoms with Crippen molar-refractivity contribution >= 4 is 5.91 Å². The van der Waals surface area contributed by atoms with Crippen molar-refractivity contribution in [3.8, 4) is 0 Å². The first-order chi connectivity index (χ1) is 6.52. The maximum atomic E-state index is 11.2. The van der Waals surface area contributed by atoms with E-state index in [9.17, 15) is 4.79 Å². The van der Waals surface area contributed by atoms with Crippen LogP contribution in [-0.2, 0) is 4.79 Å². The lowest BCUT2D eigenvalue weighted by Crippen LogP contribution is -2.59. The molecular formula is C11H20N2O. The Hall–Kier alpha value is -0.570. The lowest BCUT2D eigenvalue weighted by molar-refractivity contribution is -0.129. The van der Waals surface area contributed by atoms with Crippen LogP contribution in [0, 0.1) is 5.41 Å². The normalized spacial score (nSPS) is 25.9. The summed E-state index contributed by atoms with van der Waals surface area (Å²) in [5.41, 5.74) is 0.454. The monoisotopic (exact) mass is 196 g/mol. The number of amides is 1. The van der Waals surface area contributed by atoms with Crippen molar-refractivity contribution in [2.24, 2.45) is 5.41 Å². The predicted molar refractivity (Wildman–Crippen MR) is 56.0 cm³/mol. The van der Waals surface area contributed by atoms with Crippen molar-refractivity contribution in [1.29, 1.82) is 0 Å². The van der Waals surface area contributed by atoms with E-state index >= 15 is 0 Å². The lowest BCUT2D eigenvalue weighted by atomic mass is 9.78. The van der Waals surface area contributed by atoms with Gasteiger partial charge < -0.3 is 4.90 Å². The van der Waals surface area contributed by atoms with Crippen LogP contribution in [0.25, 0.3) is 0 Å². The minimum atomic E-state index is 0.241. The molecule has 80 valence electrons. The third kappa shape index (κ3) is 1.54. The molecule has 1 spiro atoms. The van der Waals surface area contributed by atoms with Crippen LogP contribution in [0.4, 0.5) is 0 Å². The van der Waals surface area contributed by atoms with Gasteiger partial charge in [-0.2, -0.15) is 0 Å². The number of carbonyl (C=O) groups excluding carboxylic acids is 1. The third-order valence-electron chi connectivity index (χ3n) is 3.69. The van der Waals surface area contributed by atoms with Gasteiger partial charge in [-0.1, -0.05) is 0 Å². The Labute approximate surface area is 86.1 Å². The Morgan fingerprint density at radius 3 is 2.36 bits per heavy atom. The fourth-order valence-electron chi connectivity index (χ4n) is 2.64. The van der Waals surface area contributed by atoms with Crippen molar-refractivity contribution in [3.05, 3.63) is 0 Å². The molecule has 14 heavy (non-hydrogen) atoms. The molecule has 0 bridgehead atoms. The van der Waals surface area contributed by atoms with Crippen LogP contribution in [0.2, 0.25) is 0 Å². The standard InChI is InChI=1S/C11H20N2O/c1-9(2)13-7-11(8-13)4-5-12(6-11)10(3)14/h9H,4-8H2,1-3H3. The molecular weight excluding hydrogens is 176 g/mol. The van der Waals surface area contributed by atoms with Crippen LogP contribution < -0.4 is 0 Å². The molecule has 0 aromatic heterocycles. The zero-order chi connectivity index (χ0) is 10.3. The summed E-state index contributed by atoms with van der Waals surface area (Å²) in [6.45, 7) is 10.5. The average molecular weight is 196 g/mol. The van der Waals surface area contributed by atoms with Gasteiger partial charge in [0.25, 0.3) is 0 Å². The van der Waals surface area contributed by atoms with E-state index in [4.69, 9.17) is 0 Å². The average Bonchev–Trinajstić information content (AvgIpc) is 2.44. The highest BCUT2D eigenvalue weighted by Gasteiger charge is 2.48. The van der Waals surface area contributed by atoms with Gasteiger partial charge in [-0.3, -0.25) is 9.69 Å². The molecule has 2 rings (SSSR count). The van der Waals surface area contributed by atoms with Gasteiger partial charge in [0.05, 0.1) is 0 Å². The summed E-state index contributed by atoms with van der Waals surface area (Å²) < 4.78 is 0. The van der Waals surface area contributed by atoms with Gasteiger partial charge in [0.1, 0.15) is 0 Å². The molecule has 0 atom stereocenters. The van der Waals surface area contributed by atoms with Gasteiger partial charge in [-0.15, -0.1) is 0 Å². The molecule has 1 amide bonds. The van der Waals surface area contributed by atoms with E-state index < -0.39 is 0 Å². The molecule has 0 saturated carbocycles. The quantitative estimate of drug-likeness (QED) is 0.623. The smallest absolute Gasteiger partial charge is 0.219 e. The minimum absolute atomic E-state index is 0.241. The molecule has 2 fully saturated rings. The van der Waals surface area contributed by atoms with Gasteiger partial charge in [-0.25, -0.2) is 0 Å². The Morgan fingerprint density at radius 2 is 1.93 bits per heavy atom. The molecule has 0 aromatic rings. The first kappa shape index (κ1) is 9.97. The zero-order valence-corrected chi connectivity index (χ0v) is 9.42. The van der Waals surface area contributed by atoms with Gasteiger partial charge in [-0.05, 0) is 20.3 Å². The highest BCUT2D eigenvalue weighted by molar-refractivity contribution is 5.73. The number of likely N-dealkylation sites (tertiary alicyclic amines) is 2. The van der Waals surface area contributed by atoms with Crippen LogP contribution >= 0.6 is 0 Å². The second kappa shape index (κ2) is 3.23. The van der Waals surface area contributed by atoms with E-state index in [0.717, 1.165) is 13.1 Å². The van der Waals surface area contributed by atoms with Gasteiger partial charge >= 0.3 is 0 Å². The number of rotatable bonds is 1. The number of carbonyl (C=O) groups is 1. The molecule has 0 aromatic carbocycles. The molecule has 2 aliphatic rings. The van der Waals surface area contributed by atoms with Crippen LogP contribution in [0.5, 0.6) is 0 Å². The largest absolute Gasteiger partial charge is 0.342 e. The van der Waals surface area contributed by atoms with E-state index in [1.165, 1.54) is 19.5 Å². The summed E-state index contributed by atoms with van der Waals surface area (Å²) in [6, 6.07) is 0.659. The van der Waals surface area contributed by atoms with Crippen LogP contribution in [0.3, 0.4) is 0 Å². The van der Waals surface area contributed by atoms with Crippen LogP contribution in [0.15, 0.2) is 0 Å². The second-order valence-corrected chi connectivity index (χ2v) is 5.19. The highest BCUT2D eigenvalue weighted by atomic mass is 16.2. The van der Waals surface area contributed by atoms with E-state index in [2.05, 4.69) is 18.7 Å². The summed E-state index contributed by atoms with van der Waals surface area (Å²) in [4.78, 5) is 15.7. The first-order valence-corrected chi connectivity index (χ1v) is 5.52. The molecule has 3 heteroatoms. The van der Waals surface area contributed by atoms with Gasteiger partial charge in [0.15, 0.2) is 0 Å². The van der Waals surface area contributed by atoms with Crippen LogP contribution in [0.1, 0.15) is 27.2 Å². The van der Waals surface area contributed by atoms with E-state index in [-0.39, 0.29) is 5.91 Å². The van der Waals surface area contributed by atoms with Crippen molar-refractivity contribution in [2.75, 3.05) is 26.2 Å². The molecule has 2 saturated heterocycles. The Kier molecular flexibility index (Phi) is 2.30. The molecule has 0 radical (unpaired) electrons. The van der Waals surface area contributed by atoms with Crippen molar-refractivity contribution < 1.29 is 4.79 Å². The molecule has 2 aliphatic heterocycles. The third-order valence-corrected chi connectivity index (χ3v) is 3.69. The summed E-state index contributed by atoms with van der Waals surface area (Å²) in [5, 5.41) is 0. The number of hydrogen-bond acceptors (Lipinski definition) is 2. The summed E-state index contributed by atoms with van der Waals surface area (Å²) in [6.07, 6.45) is 1.20. The molecule has 2 heterocycles. The summed E-state index contributed by atoms with van der Waals surface area (Å²) in [7, 11) is 0. The van der Waals surface area contributed by atoms with Gasteiger partial charge in [0.2, 0.25) is 5.91 Å². The number of nitrogens with zero attached hydrogens (tertiary/aromatic N) is 2. The summed E-state index contributed by atoms with van der Waals surface area (Å²) >= 11 is 0. The number of hydrogen-bond donors (Lipinski definition) is 0. The lowest BCUT2D eigenvalue weighted by Gasteiger charge is -2.50. The fraction of sp³-hybridized carbons (Fsp3) is 0.909. The summed E-state index contributed by atoms with van der Waals surface area (Å²) in [5.74, 6) is 0.241. The maximum absolute atomic E-state index is 11.2. The maximum Gasteiger partial charge on any atom is 0.219 e. The SMILES string of the molecule is CC(=O)N1CCC2(C1)CN(C(C)C)C2. The van der Waals surface area contributed by atoms with Crippen molar-refractivity contribution in [3.63, 3.8) is 0 Å². The topological polar surface area (TPSA) is 23.6 Å². The van der Waals surface area contributed by atoms with Crippen molar-refractivity contribution in [2.45, 2.75) is 33.2 Å². The Bertz CT molecular complexity index is 244. The molecule has 0 unspecified atom stereocenters. The van der Waals surface area contributed by atoms with E-state index in [0.29, 0.717) is 11.5 Å². The fourth-order valence-corrected chi connectivity index (χ4v) is 2.64. The zero-order valence-electron chi connectivity index (χ0n) is 9.42. The van der Waals surface area contributed by atoms with Crippen LogP contribution in [-0.4, -0.2) is 47.9 Å². The molecule has 3 nitrogen and oxygen atoms in total. The Morgan fingerprint density at radius 1 is 1.29 bits per heavy atom. The van der Waals surface area contributed by atoms with E-state index in [1.807, 2.05) is 4.90 Å². The minimum Gasteiger partial charge on any atom is -0.342 e. The van der Waals surface area contributed by atoms with E-state index in [1.54, 1.807) is 6.92 Å². The van der Waals surface area contributed by atoms with Crippen molar-refractivity contribution in [1.82, 2.24) is 9.80 Å². The molecule has 0 aliphatic carbocycles. The highest BCUT2D eigenvalue weighted by Crippen LogP contribution is 2.40. The molecule has 0 N–H and O–H groups in total.